The molecule has 4 rings (SSSR count). The van der Waals surface area contributed by atoms with E-state index < -0.39 is 0 Å². The number of hydrogen-bond acceptors (Lipinski definition) is 4. The van der Waals surface area contributed by atoms with E-state index in [1.54, 1.807) is 0 Å². The minimum Gasteiger partial charge on any atom is -0.396 e. The van der Waals surface area contributed by atoms with E-state index in [9.17, 15) is 5.11 Å². The number of benzene rings is 1. The number of para-hydroxylation sites is 1. The summed E-state index contributed by atoms with van der Waals surface area (Å²) in [7, 11) is 0. The lowest BCUT2D eigenvalue weighted by atomic mass is 9.92. The second-order valence-corrected chi connectivity index (χ2v) is 7.93. The summed E-state index contributed by atoms with van der Waals surface area (Å²) in [5.74, 6) is 0. The highest BCUT2D eigenvalue weighted by molar-refractivity contribution is 5.78. The number of rotatable bonds is 5. The third-order valence-electron chi connectivity index (χ3n) is 6.16. The molecule has 2 aromatic rings. The van der Waals surface area contributed by atoms with Gasteiger partial charge < -0.3 is 5.11 Å². The molecule has 140 valence electrons. The maximum absolute atomic E-state index is 9.57. The van der Waals surface area contributed by atoms with Gasteiger partial charge in [-0.2, -0.15) is 0 Å². The van der Waals surface area contributed by atoms with Crippen LogP contribution in [0.15, 0.2) is 36.4 Å². The molecule has 1 saturated heterocycles. The Balaban J connectivity index is 1.42. The Morgan fingerprint density at radius 2 is 1.85 bits per heavy atom. The fourth-order valence-electron chi connectivity index (χ4n) is 4.80. The highest BCUT2D eigenvalue weighted by Crippen LogP contribution is 2.27. The summed E-state index contributed by atoms with van der Waals surface area (Å²) in [5.41, 5.74) is 2.23. The predicted octanol–water partition coefficient (Wildman–Crippen LogP) is 3.44. The molecule has 4 heteroatoms. The molecule has 1 saturated carbocycles. The average molecular weight is 354 g/mol. The minimum atomic E-state index is 0.288. The monoisotopic (exact) mass is 353 g/mol. The highest BCUT2D eigenvalue weighted by atomic mass is 16.3. The number of aromatic nitrogens is 1. The standard InChI is InChI=1S/C22H31N3O/c26-15-12-21-17-24(13-14-25(21)20-7-2-1-3-8-20)16-19-11-10-18-6-4-5-9-22(18)23-19/h4-6,9-11,20-21,26H,1-3,7-8,12-17H2. The summed E-state index contributed by atoms with van der Waals surface area (Å²) in [4.78, 5) is 10.1. The first-order valence-electron chi connectivity index (χ1n) is 10.3. The fraction of sp³-hybridized carbons (Fsp3) is 0.591. The van der Waals surface area contributed by atoms with Gasteiger partial charge in [0.1, 0.15) is 0 Å². The Morgan fingerprint density at radius 1 is 1.00 bits per heavy atom. The molecule has 0 spiro atoms. The zero-order chi connectivity index (χ0) is 17.8. The van der Waals surface area contributed by atoms with Crippen molar-refractivity contribution in [2.45, 2.75) is 57.2 Å². The molecule has 2 fully saturated rings. The van der Waals surface area contributed by atoms with Crippen LogP contribution in [-0.2, 0) is 6.54 Å². The number of hydrogen-bond donors (Lipinski definition) is 1. The molecule has 1 aliphatic heterocycles. The number of nitrogens with zero attached hydrogens (tertiary/aromatic N) is 3. The van der Waals surface area contributed by atoms with Gasteiger partial charge in [-0.05, 0) is 31.4 Å². The molecule has 26 heavy (non-hydrogen) atoms. The van der Waals surface area contributed by atoms with E-state index in [0.717, 1.165) is 49.9 Å². The highest BCUT2D eigenvalue weighted by Gasteiger charge is 2.32. The summed E-state index contributed by atoms with van der Waals surface area (Å²) in [5, 5.41) is 10.8. The average Bonchev–Trinajstić information content (AvgIpc) is 2.69. The van der Waals surface area contributed by atoms with E-state index in [2.05, 4.69) is 46.2 Å². The topological polar surface area (TPSA) is 39.6 Å². The van der Waals surface area contributed by atoms with Gasteiger partial charge in [-0.1, -0.05) is 43.5 Å². The number of aliphatic hydroxyl groups excluding tert-OH is 1. The maximum atomic E-state index is 9.57. The lowest BCUT2D eigenvalue weighted by molar-refractivity contribution is 0.0133. The molecule has 2 aliphatic rings. The van der Waals surface area contributed by atoms with Crippen LogP contribution in [-0.4, -0.2) is 58.2 Å². The zero-order valence-corrected chi connectivity index (χ0v) is 15.7. The molecular weight excluding hydrogens is 322 g/mol. The van der Waals surface area contributed by atoms with Crippen molar-refractivity contribution in [3.05, 3.63) is 42.1 Å². The number of aliphatic hydroxyl groups is 1. The van der Waals surface area contributed by atoms with Crippen LogP contribution in [0.2, 0.25) is 0 Å². The second-order valence-electron chi connectivity index (χ2n) is 7.93. The van der Waals surface area contributed by atoms with Gasteiger partial charge in [0.25, 0.3) is 0 Å². The predicted molar refractivity (Wildman–Crippen MR) is 106 cm³/mol. The van der Waals surface area contributed by atoms with E-state index in [0.29, 0.717) is 6.04 Å². The molecule has 1 N–H and O–H groups in total. The van der Waals surface area contributed by atoms with Crippen LogP contribution in [0.4, 0.5) is 0 Å². The summed E-state index contributed by atoms with van der Waals surface area (Å²) >= 11 is 0. The molecule has 0 bridgehead atoms. The normalized spacial score (nSPS) is 23.5. The van der Waals surface area contributed by atoms with Gasteiger partial charge in [0, 0.05) is 50.3 Å². The van der Waals surface area contributed by atoms with Gasteiger partial charge in [0.05, 0.1) is 11.2 Å². The van der Waals surface area contributed by atoms with Gasteiger partial charge in [0.15, 0.2) is 0 Å². The molecule has 1 aromatic carbocycles. The third-order valence-corrected chi connectivity index (χ3v) is 6.16. The summed E-state index contributed by atoms with van der Waals surface area (Å²) in [6, 6.07) is 13.9. The van der Waals surface area contributed by atoms with E-state index in [-0.39, 0.29) is 6.61 Å². The molecule has 1 aromatic heterocycles. The minimum absolute atomic E-state index is 0.288. The second kappa shape index (κ2) is 8.47. The summed E-state index contributed by atoms with van der Waals surface area (Å²) in [6.07, 6.45) is 7.71. The number of piperazine rings is 1. The van der Waals surface area contributed by atoms with Crippen molar-refractivity contribution in [1.82, 2.24) is 14.8 Å². The lowest BCUT2D eigenvalue weighted by Crippen LogP contribution is -2.56. The first-order chi connectivity index (χ1) is 12.8. The zero-order valence-electron chi connectivity index (χ0n) is 15.7. The van der Waals surface area contributed by atoms with Gasteiger partial charge in [0.2, 0.25) is 0 Å². The molecular formula is C22H31N3O. The van der Waals surface area contributed by atoms with Crippen molar-refractivity contribution in [1.29, 1.82) is 0 Å². The van der Waals surface area contributed by atoms with Crippen molar-refractivity contribution in [2.24, 2.45) is 0 Å². The smallest absolute Gasteiger partial charge is 0.0705 e. The van der Waals surface area contributed by atoms with Gasteiger partial charge in [-0.3, -0.25) is 14.8 Å². The lowest BCUT2D eigenvalue weighted by Gasteiger charge is -2.46. The number of fused-ring (bicyclic) bond motifs is 1. The van der Waals surface area contributed by atoms with Crippen molar-refractivity contribution in [2.75, 3.05) is 26.2 Å². The van der Waals surface area contributed by atoms with Crippen molar-refractivity contribution >= 4 is 10.9 Å². The Morgan fingerprint density at radius 3 is 2.69 bits per heavy atom. The maximum Gasteiger partial charge on any atom is 0.0705 e. The van der Waals surface area contributed by atoms with Crippen LogP contribution < -0.4 is 0 Å². The van der Waals surface area contributed by atoms with E-state index in [1.807, 2.05) is 0 Å². The molecule has 0 amide bonds. The Kier molecular flexibility index (Phi) is 5.83. The van der Waals surface area contributed by atoms with Crippen LogP contribution in [0.5, 0.6) is 0 Å². The Labute approximate surface area is 156 Å². The fourth-order valence-corrected chi connectivity index (χ4v) is 4.80. The van der Waals surface area contributed by atoms with Crippen molar-refractivity contribution in [3.8, 4) is 0 Å². The first-order valence-corrected chi connectivity index (χ1v) is 10.3. The molecule has 0 radical (unpaired) electrons. The van der Waals surface area contributed by atoms with Crippen LogP contribution in [0.1, 0.15) is 44.2 Å². The van der Waals surface area contributed by atoms with E-state index in [4.69, 9.17) is 4.98 Å². The SMILES string of the molecule is OCCC1CN(Cc2ccc3ccccc3n2)CCN1C1CCCCC1. The molecule has 2 heterocycles. The largest absolute Gasteiger partial charge is 0.396 e. The van der Waals surface area contributed by atoms with Gasteiger partial charge >= 0.3 is 0 Å². The first kappa shape index (κ1) is 17.9. The van der Waals surface area contributed by atoms with Crippen LogP contribution in [0, 0.1) is 0 Å². The Bertz CT molecular complexity index is 713. The van der Waals surface area contributed by atoms with E-state index in [1.165, 1.54) is 37.5 Å². The van der Waals surface area contributed by atoms with Crippen LogP contribution in [0.25, 0.3) is 10.9 Å². The molecule has 4 nitrogen and oxygen atoms in total. The van der Waals surface area contributed by atoms with E-state index >= 15 is 0 Å². The summed E-state index contributed by atoms with van der Waals surface area (Å²) < 4.78 is 0. The number of pyridine rings is 1. The molecule has 1 atom stereocenters. The molecule has 1 aliphatic carbocycles. The Hall–Kier alpha value is -1.49. The van der Waals surface area contributed by atoms with Gasteiger partial charge in [-0.15, -0.1) is 0 Å². The van der Waals surface area contributed by atoms with Crippen LogP contribution >= 0.6 is 0 Å². The van der Waals surface area contributed by atoms with Crippen molar-refractivity contribution < 1.29 is 5.11 Å². The van der Waals surface area contributed by atoms with Crippen molar-refractivity contribution in [3.63, 3.8) is 0 Å². The summed E-state index contributed by atoms with van der Waals surface area (Å²) in [6.45, 7) is 4.47. The quantitative estimate of drug-likeness (QED) is 0.894. The third kappa shape index (κ3) is 4.08. The molecule has 1 unspecified atom stereocenters. The van der Waals surface area contributed by atoms with Gasteiger partial charge in [-0.25, -0.2) is 0 Å². The van der Waals surface area contributed by atoms with Crippen LogP contribution in [0.3, 0.4) is 0 Å².